The van der Waals surface area contributed by atoms with Gasteiger partial charge in [-0.15, -0.1) is 11.6 Å². The Morgan fingerprint density at radius 3 is 2.77 bits per heavy atom. The number of nitrogens with one attached hydrogen (secondary N) is 1. The van der Waals surface area contributed by atoms with E-state index in [4.69, 9.17) is 32.7 Å². The molecule has 2 aromatic rings. The van der Waals surface area contributed by atoms with Crippen LogP contribution in [-0.2, 0) is 11.2 Å². The molecule has 3 atom stereocenters. The Labute approximate surface area is 216 Å². The number of carbonyl (C=O) groups is 1. The molecule has 4 rings (SSSR count). The van der Waals surface area contributed by atoms with Crippen molar-refractivity contribution in [3.63, 3.8) is 0 Å². The zero-order valence-corrected chi connectivity index (χ0v) is 21.5. The molecule has 1 aromatic heterocycles. The highest BCUT2D eigenvalue weighted by molar-refractivity contribution is 6.30. The first-order valence-electron chi connectivity index (χ1n) is 11.8. The standard InChI is InChI=1S/C28H30Cl2N2O3/c1-4-15-34-20(5-2)7-6-8-26-27-22(23-17-24(30)18(3)16-25(23)31-27)13-14-32(26)28(33)35-21-11-9-19(29)10-12-21/h4-7,9-12,16-18,24,26,31H,1,8,13-15H2,2-3H3. The Balaban J connectivity index is 1.65. The van der Waals surface area contributed by atoms with Crippen molar-refractivity contribution in [2.24, 2.45) is 5.92 Å². The van der Waals surface area contributed by atoms with E-state index in [2.05, 4.69) is 30.6 Å². The number of amides is 1. The lowest BCUT2D eigenvalue weighted by Gasteiger charge is -2.34. The predicted octanol–water partition coefficient (Wildman–Crippen LogP) is 5.64. The summed E-state index contributed by atoms with van der Waals surface area (Å²) in [5.41, 5.74) is 2.25. The molecule has 0 radical (unpaired) electrons. The van der Waals surface area contributed by atoms with E-state index in [-0.39, 0.29) is 17.3 Å². The van der Waals surface area contributed by atoms with Crippen molar-refractivity contribution in [3.8, 4) is 5.75 Å². The highest BCUT2D eigenvalue weighted by Gasteiger charge is 2.34. The molecule has 0 fully saturated rings. The van der Waals surface area contributed by atoms with Gasteiger partial charge in [0.05, 0.1) is 11.4 Å². The highest BCUT2D eigenvalue weighted by atomic mass is 35.5. The number of ether oxygens (including phenoxy) is 2. The molecule has 1 aliphatic carbocycles. The number of hydrogen-bond acceptors (Lipinski definition) is 3. The maximum atomic E-state index is 13.3. The third kappa shape index (κ3) is 5.68. The second kappa shape index (κ2) is 11.2. The van der Waals surface area contributed by atoms with Crippen molar-refractivity contribution in [1.29, 1.82) is 0 Å². The van der Waals surface area contributed by atoms with Gasteiger partial charge in [-0.2, -0.15) is 0 Å². The maximum absolute atomic E-state index is 13.3. The number of nitrogens with zero attached hydrogens (tertiary/aromatic N) is 1. The number of H-pyrrole nitrogens is 1. The Kier molecular flexibility index (Phi) is 8.09. The van der Waals surface area contributed by atoms with Gasteiger partial charge in [-0.05, 0) is 67.7 Å². The first-order chi connectivity index (χ1) is 16.9. The first-order valence-corrected chi connectivity index (χ1v) is 12.6. The summed E-state index contributed by atoms with van der Waals surface area (Å²) < 4.78 is 11.4. The van der Waals surface area contributed by atoms with Crippen LogP contribution >= 0.6 is 23.2 Å². The molecule has 1 amide bonds. The van der Waals surface area contributed by atoms with E-state index >= 15 is 0 Å². The van der Waals surface area contributed by atoms with E-state index in [9.17, 15) is 4.79 Å². The van der Waals surface area contributed by atoms with E-state index < -0.39 is 6.09 Å². The fourth-order valence-electron chi connectivity index (χ4n) is 4.50. The third-order valence-electron chi connectivity index (χ3n) is 6.33. The maximum Gasteiger partial charge on any atom is 0.415 e. The second-order valence-electron chi connectivity index (χ2n) is 8.69. The van der Waals surface area contributed by atoms with Crippen LogP contribution < -0.4 is 15.3 Å². The average Bonchev–Trinajstić information content (AvgIpc) is 3.20. The smallest absolute Gasteiger partial charge is 0.415 e. The van der Waals surface area contributed by atoms with Crippen LogP contribution in [0.2, 0.25) is 5.02 Å². The van der Waals surface area contributed by atoms with Crippen LogP contribution in [0.15, 0.2) is 60.9 Å². The summed E-state index contributed by atoms with van der Waals surface area (Å²) in [7, 11) is 0. The molecule has 184 valence electrons. The summed E-state index contributed by atoms with van der Waals surface area (Å²) in [6, 6.07) is 6.58. The Morgan fingerprint density at radius 1 is 1.29 bits per heavy atom. The van der Waals surface area contributed by atoms with Gasteiger partial charge in [-0.1, -0.05) is 49.4 Å². The molecule has 35 heavy (non-hydrogen) atoms. The second-order valence-corrected chi connectivity index (χ2v) is 9.63. The Hall–Kier alpha value is -2.89. The summed E-state index contributed by atoms with van der Waals surface area (Å²) >= 11 is 12.5. The van der Waals surface area contributed by atoms with Gasteiger partial charge in [-0.25, -0.2) is 4.79 Å². The molecule has 2 heterocycles. The van der Waals surface area contributed by atoms with Gasteiger partial charge in [0.15, 0.2) is 0 Å². The summed E-state index contributed by atoms with van der Waals surface area (Å²) in [5, 5.41) is 2.77. The molecular weight excluding hydrogens is 483 g/mol. The van der Waals surface area contributed by atoms with Gasteiger partial charge >= 0.3 is 6.09 Å². The minimum atomic E-state index is -0.394. The van der Waals surface area contributed by atoms with Crippen LogP contribution in [0.1, 0.15) is 37.6 Å². The number of aromatic nitrogens is 1. The minimum Gasteiger partial charge on any atom is -0.490 e. The van der Waals surface area contributed by atoms with Crippen LogP contribution in [0, 0.1) is 5.92 Å². The quantitative estimate of drug-likeness (QED) is 0.226. The number of aromatic amines is 1. The number of rotatable bonds is 7. The fourth-order valence-corrected chi connectivity index (χ4v) is 4.83. The summed E-state index contributed by atoms with van der Waals surface area (Å²) in [6.07, 6.45) is 12.8. The lowest BCUT2D eigenvalue weighted by molar-refractivity contribution is 0.126. The highest BCUT2D eigenvalue weighted by Crippen LogP contribution is 2.31. The molecule has 1 N–H and O–H groups in total. The molecule has 5 nitrogen and oxygen atoms in total. The number of allylic oxidation sites excluding steroid dienone is 2. The van der Waals surface area contributed by atoms with E-state index in [1.54, 1.807) is 35.2 Å². The zero-order valence-electron chi connectivity index (χ0n) is 20.0. The number of halogens is 2. The third-order valence-corrected chi connectivity index (χ3v) is 7.10. The van der Waals surface area contributed by atoms with Crippen molar-refractivity contribution in [3.05, 3.63) is 87.8 Å². The lowest BCUT2D eigenvalue weighted by atomic mass is 9.94. The summed E-state index contributed by atoms with van der Waals surface area (Å²) in [6.45, 7) is 8.70. The molecule has 1 aliphatic heterocycles. The topological polar surface area (TPSA) is 54.6 Å². The first kappa shape index (κ1) is 25.2. The molecule has 3 unspecified atom stereocenters. The number of fused-ring (bicyclic) bond motifs is 3. The molecule has 1 aromatic carbocycles. The van der Waals surface area contributed by atoms with Crippen molar-refractivity contribution in [2.45, 2.75) is 38.1 Å². The van der Waals surface area contributed by atoms with Crippen molar-refractivity contribution in [1.82, 2.24) is 9.88 Å². The summed E-state index contributed by atoms with van der Waals surface area (Å²) in [4.78, 5) is 18.6. The van der Waals surface area contributed by atoms with Gasteiger partial charge in [0.2, 0.25) is 0 Å². The van der Waals surface area contributed by atoms with Gasteiger partial charge < -0.3 is 14.5 Å². The zero-order chi connectivity index (χ0) is 24.9. The van der Waals surface area contributed by atoms with E-state index in [1.807, 2.05) is 25.2 Å². The predicted molar refractivity (Wildman–Crippen MR) is 142 cm³/mol. The summed E-state index contributed by atoms with van der Waals surface area (Å²) in [5.74, 6) is 1.44. The van der Waals surface area contributed by atoms with Crippen LogP contribution in [-0.4, -0.2) is 34.5 Å². The largest absolute Gasteiger partial charge is 0.490 e. The molecule has 0 saturated carbocycles. The minimum absolute atomic E-state index is 0.0482. The van der Waals surface area contributed by atoms with Crippen molar-refractivity contribution >= 4 is 41.4 Å². The Morgan fingerprint density at radius 2 is 2.06 bits per heavy atom. The monoisotopic (exact) mass is 512 g/mol. The lowest BCUT2D eigenvalue weighted by Crippen LogP contribution is -2.42. The number of benzene rings is 1. The number of hydrogen-bond donors (Lipinski definition) is 1. The van der Waals surface area contributed by atoms with E-state index in [1.165, 1.54) is 5.56 Å². The SMILES string of the molecule is C=CCOC(C=CCC1c2[nH]c3c(c2CCN1C(=O)Oc1ccc(Cl)cc1)=CC(Cl)C(C)C=3)=CC. The van der Waals surface area contributed by atoms with Gasteiger partial charge in [0.1, 0.15) is 18.1 Å². The van der Waals surface area contributed by atoms with E-state index in [0.717, 1.165) is 28.4 Å². The fraction of sp³-hybridized carbons (Fsp3) is 0.321. The van der Waals surface area contributed by atoms with Crippen molar-refractivity contribution < 1.29 is 14.3 Å². The molecule has 7 heteroatoms. The molecule has 0 saturated heterocycles. The van der Waals surface area contributed by atoms with Gasteiger partial charge in [-0.3, -0.25) is 4.90 Å². The number of carbonyl (C=O) groups excluding carboxylic acids is 1. The van der Waals surface area contributed by atoms with E-state index in [0.29, 0.717) is 30.3 Å². The number of alkyl halides is 1. The van der Waals surface area contributed by atoms with Crippen LogP contribution in [0.25, 0.3) is 12.2 Å². The molecule has 2 aliphatic rings. The molecule has 0 spiro atoms. The van der Waals surface area contributed by atoms with Crippen LogP contribution in [0.4, 0.5) is 4.79 Å². The molecular formula is C28H30Cl2N2O3. The van der Waals surface area contributed by atoms with Crippen molar-refractivity contribution in [2.75, 3.05) is 13.2 Å². The normalized spacial score (nSPS) is 21.5. The average molecular weight is 513 g/mol. The van der Waals surface area contributed by atoms with Gasteiger partial charge in [0, 0.05) is 27.8 Å². The Bertz CT molecular complexity index is 1260. The van der Waals surface area contributed by atoms with Crippen LogP contribution in [0.3, 0.4) is 0 Å². The van der Waals surface area contributed by atoms with Gasteiger partial charge in [0.25, 0.3) is 0 Å². The van der Waals surface area contributed by atoms with Crippen LogP contribution in [0.5, 0.6) is 5.75 Å². The molecule has 0 bridgehead atoms.